The van der Waals surface area contributed by atoms with Crippen LogP contribution in [0, 0.1) is 0 Å². The Labute approximate surface area is 156 Å². The average molecular weight is 368 g/mol. The summed E-state index contributed by atoms with van der Waals surface area (Å²) in [6.45, 7) is 0.423. The first-order valence-corrected chi connectivity index (χ1v) is 9.23. The molecule has 0 unspecified atom stereocenters. The zero-order chi connectivity index (χ0) is 18.5. The van der Waals surface area contributed by atoms with E-state index in [1.165, 1.54) is 4.90 Å². The van der Waals surface area contributed by atoms with Crippen LogP contribution in [0.5, 0.6) is 11.5 Å². The molecule has 1 aromatic heterocycles. The number of nitrogens with zero attached hydrogens (tertiary/aromatic N) is 3. The van der Waals surface area contributed by atoms with Gasteiger partial charge < -0.3 is 15.4 Å². The van der Waals surface area contributed by atoms with Crippen LogP contribution in [0.3, 0.4) is 0 Å². The number of nitrogens with two attached hydrogens (primary N) is 1. The first-order chi connectivity index (χ1) is 12.6. The number of rotatable bonds is 7. The molecule has 7 heteroatoms. The summed E-state index contributed by atoms with van der Waals surface area (Å²) in [5.41, 5.74) is 7.42. The molecule has 0 spiro atoms. The zero-order valence-electron chi connectivity index (χ0n) is 14.6. The van der Waals surface area contributed by atoms with Crippen LogP contribution < -0.4 is 10.5 Å². The van der Waals surface area contributed by atoms with Crippen molar-refractivity contribution in [3.8, 4) is 17.2 Å². The summed E-state index contributed by atoms with van der Waals surface area (Å²) in [5, 5.41) is 4.22. The molecule has 26 heavy (non-hydrogen) atoms. The van der Waals surface area contributed by atoms with Gasteiger partial charge in [-0.1, -0.05) is 0 Å². The quantitative estimate of drug-likeness (QED) is 0.510. The number of amides is 1. The highest BCUT2D eigenvalue weighted by Crippen LogP contribution is 2.29. The molecule has 0 atom stereocenters. The van der Waals surface area contributed by atoms with E-state index in [4.69, 9.17) is 10.5 Å². The predicted octanol–water partition coefficient (Wildman–Crippen LogP) is 3.56. The molecule has 3 aromatic rings. The van der Waals surface area contributed by atoms with Gasteiger partial charge in [-0.3, -0.25) is 4.79 Å². The number of carbonyl (C=O) groups is 1. The molecule has 134 valence electrons. The third kappa shape index (κ3) is 4.18. The van der Waals surface area contributed by atoms with Crippen molar-refractivity contribution in [3.05, 3.63) is 60.3 Å². The van der Waals surface area contributed by atoms with E-state index < -0.39 is 0 Å². The largest absolute Gasteiger partial charge is 0.457 e. The maximum atomic E-state index is 11.1. The van der Waals surface area contributed by atoms with E-state index in [9.17, 15) is 4.79 Å². The van der Waals surface area contributed by atoms with Crippen LogP contribution in [0.15, 0.2) is 59.6 Å². The van der Waals surface area contributed by atoms with Gasteiger partial charge in [0.25, 0.3) is 0 Å². The van der Waals surface area contributed by atoms with Gasteiger partial charge in [0, 0.05) is 36.3 Å². The molecule has 1 amide bonds. The van der Waals surface area contributed by atoms with Crippen LogP contribution in [0.1, 0.15) is 5.56 Å². The fourth-order valence-corrected chi connectivity index (χ4v) is 2.90. The van der Waals surface area contributed by atoms with Gasteiger partial charge in [0.1, 0.15) is 17.3 Å². The van der Waals surface area contributed by atoms with Gasteiger partial charge in [-0.2, -0.15) is 5.10 Å². The third-order valence-corrected chi connectivity index (χ3v) is 4.55. The van der Waals surface area contributed by atoms with Crippen LogP contribution in [0.4, 0.5) is 5.82 Å². The SMILES string of the molecule is CSc1ccc(Oc2ccc(-n3ccc(N)n3)cc2CN(C)C=O)cc1. The van der Waals surface area contributed by atoms with Gasteiger partial charge in [-0.05, 0) is 48.7 Å². The van der Waals surface area contributed by atoms with Gasteiger partial charge in [-0.25, -0.2) is 4.68 Å². The van der Waals surface area contributed by atoms with Crippen molar-refractivity contribution in [2.24, 2.45) is 0 Å². The molecule has 3 rings (SSSR count). The number of anilines is 1. The van der Waals surface area contributed by atoms with E-state index in [1.807, 2.05) is 48.7 Å². The molecule has 6 nitrogen and oxygen atoms in total. The zero-order valence-corrected chi connectivity index (χ0v) is 15.4. The van der Waals surface area contributed by atoms with Crippen LogP contribution >= 0.6 is 11.8 Å². The molecule has 0 fully saturated rings. The first-order valence-electron chi connectivity index (χ1n) is 8.01. The molecule has 0 aliphatic carbocycles. The minimum Gasteiger partial charge on any atom is -0.457 e. The van der Waals surface area contributed by atoms with Crippen molar-refractivity contribution in [2.75, 3.05) is 19.0 Å². The summed E-state index contributed by atoms with van der Waals surface area (Å²) in [5.74, 6) is 1.89. The molecule has 0 aliphatic heterocycles. The standard InChI is InChI=1S/C19H20N4O2S/c1-22(13-24)12-14-11-15(23-10-9-19(20)21-23)3-8-18(14)25-16-4-6-17(26-2)7-5-16/h3-11,13H,12H2,1-2H3,(H2,20,21). The summed E-state index contributed by atoms with van der Waals surface area (Å²) >= 11 is 1.68. The molecule has 1 heterocycles. The molecule has 0 radical (unpaired) electrons. The molecule has 0 saturated carbocycles. The van der Waals surface area contributed by atoms with E-state index >= 15 is 0 Å². The van der Waals surface area contributed by atoms with Crippen LogP contribution in [0.25, 0.3) is 5.69 Å². The van der Waals surface area contributed by atoms with E-state index in [-0.39, 0.29) is 0 Å². The summed E-state index contributed by atoms with van der Waals surface area (Å²) in [4.78, 5) is 13.8. The summed E-state index contributed by atoms with van der Waals surface area (Å²) in [7, 11) is 1.72. The number of carbonyl (C=O) groups excluding carboxylic acids is 1. The van der Waals surface area contributed by atoms with Gasteiger partial charge in [0.15, 0.2) is 0 Å². The minimum absolute atomic E-state index is 0.423. The van der Waals surface area contributed by atoms with Crippen LogP contribution in [-0.4, -0.2) is 34.4 Å². The van der Waals surface area contributed by atoms with Crippen LogP contribution in [0.2, 0.25) is 0 Å². The van der Waals surface area contributed by atoms with Gasteiger partial charge >= 0.3 is 0 Å². The molecule has 2 aromatic carbocycles. The van der Waals surface area contributed by atoms with Crippen LogP contribution in [-0.2, 0) is 11.3 Å². The van der Waals surface area contributed by atoms with E-state index in [1.54, 1.807) is 40.7 Å². The van der Waals surface area contributed by atoms with E-state index in [0.29, 0.717) is 18.1 Å². The second kappa shape index (κ2) is 7.97. The second-order valence-electron chi connectivity index (χ2n) is 5.78. The summed E-state index contributed by atoms with van der Waals surface area (Å²) < 4.78 is 7.74. The summed E-state index contributed by atoms with van der Waals surface area (Å²) in [6.07, 6.45) is 4.61. The first kappa shape index (κ1) is 17.9. The number of benzene rings is 2. The Morgan fingerprint density at radius 1 is 1.23 bits per heavy atom. The molecule has 2 N–H and O–H groups in total. The lowest BCUT2D eigenvalue weighted by molar-refractivity contribution is -0.117. The number of nitrogen functional groups attached to an aromatic ring is 1. The third-order valence-electron chi connectivity index (χ3n) is 3.81. The topological polar surface area (TPSA) is 73.4 Å². The molecule has 0 bridgehead atoms. The van der Waals surface area contributed by atoms with Gasteiger partial charge in [-0.15, -0.1) is 11.8 Å². The fourth-order valence-electron chi connectivity index (χ4n) is 2.49. The minimum atomic E-state index is 0.423. The smallest absolute Gasteiger partial charge is 0.209 e. The Morgan fingerprint density at radius 2 is 2.00 bits per heavy atom. The Hall–Kier alpha value is -2.93. The van der Waals surface area contributed by atoms with Gasteiger partial charge in [0.05, 0.1) is 5.69 Å². The lowest BCUT2D eigenvalue weighted by atomic mass is 10.1. The molecular formula is C19H20N4O2S. The number of hydrogen-bond acceptors (Lipinski definition) is 5. The number of aromatic nitrogens is 2. The Kier molecular flexibility index (Phi) is 5.48. The summed E-state index contributed by atoms with van der Waals surface area (Å²) in [6, 6.07) is 15.3. The van der Waals surface area contributed by atoms with Gasteiger partial charge in [0.2, 0.25) is 6.41 Å². The van der Waals surface area contributed by atoms with E-state index in [2.05, 4.69) is 5.10 Å². The highest BCUT2D eigenvalue weighted by atomic mass is 32.2. The Balaban J connectivity index is 1.92. The lowest BCUT2D eigenvalue weighted by Gasteiger charge is -2.17. The van der Waals surface area contributed by atoms with Crippen molar-refractivity contribution in [1.29, 1.82) is 0 Å². The number of thioether (sulfide) groups is 1. The average Bonchev–Trinajstić information content (AvgIpc) is 3.10. The number of ether oxygens (including phenoxy) is 1. The van der Waals surface area contributed by atoms with E-state index in [0.717, 1.165) is 23.4 Å². The maximum Gasteiger partial charge on any atom is 0.209 e. The normalized spacial score (nSPS) is 10.5. The molecular weight excluding hydrogens is 348 g/mol. The second-order valence-corrected chi connectivity index (χ2v) is 6.65. The van der Waals surface area contributed by atoms with Crippen molar-refractivity contribution in [1.82, 2.24) is 14.7 Å². The van der Waals surface area contributed by atoms with Crippen molar-refractivity contribution >= 4 is 24.0 Å². The Morgan fingerprint density at radius 3 is 2.62 bits per heavy atom. The predicted molar refractivity (Wildman–Crippen MR) is 104 cm³/mol. The highest BCUT2D eigenvalue weighted by Gasteiger charge is 2.10. The van der Waals surface area contributed by atoms with Crippen molar-refractivity contribution in [3.63, 3.8) is 0 Å². The number of hydrogen-bond donors (Lipinski definition) is 1. The molecule has 0 saturated heterocycles. The van der Waals surface area contributed by atoms with Crippen molar-refractivity contribution < 1.29 is 9.53 Å². The lowest BCUT2D eigenvalue weighted by Crippen LogP contribution is -2.15. The monoisotopic (exact) mass is 368 g/mol. The maximum absolute atomic E-state index is 11.1. The highest BCUT2D eigenvalue weighted by molar-refractivity contribution is 7.98. The van der Waals surface area contributed by atoms with Crippen molar-refractivity contribution in [2.45, 2.75) is 11.4 Å². The fraction of sp³-hybridized carbons (Fsp3) is 0.158. The Bertz CT molecular complexity index is 893. The molecule has 0 aliphatic rings.